The van der Waals surface area contributed by atoms with Gasteiger partial charge in [0.15, 0.2) is 6.20 Å². The lowest BCUT2D eigenvalue weighted by Gasteiger charge is -2.10. The van der Waals surface area contributed by atoms with E-state index in [-0.39, 0.29) is 15.3 Å². The fourth-order valence-corrected chi connectivity index (χ4v) is 1.09. The van der Waals surface area contributed by atoms with Gasteiger partial charge in [-0.25, -0.2) is 0 Å². The molecule has 0 saturated heterocycles. The summed E-state index contributed by atoms with van der Waals surface area (Å²) in [4.78, 5) is 0. The first kappa shape index (κ1) is 10.1. The van der Waals surface area contributed by atoms with E-state index in [9.17, 15) is 18.4 Å². The van der Waals surface area contributed by atoms with Crippen molar-refractivity contribution in [2.24, 2.45) is 0 Å². The van der Waals surface area contributed by atoms with Gasteiger partial charge in [0.2, 0.25) is 0 Å². The monoisotopic (exact) mass is 211 g/mol. The molecule has 0 aliphatic heterocycles. The molecule has 1 rings (SSSR count). The molecule has 0 aliphatic carbocycles. The van der Waals surface area contributed by atoms with Crippen LogP contribution in [-0.2, 0) is 6.18 Å². The van der Waals surface area contributed by atoms with E-state index in [1.54, 1.807) is 0 Å². The summed E-state index contributed by atoms with van der Waals surface area (Å²) in [7, 11) is 0. The van der Waals surface area contributed by atoms with Crippen molar-refractivity contribution >= 4 is 11.6 Å². The largest absolute Gasteiger partial charge is 0.618 e. The Balaban J connectivity index is 3.43. The van der Waals surface area contributed by atoms with E-state index in [2.05, 4.69) is 0 Å². The molecule has 0 radical (unpaired) electrons. The Bertz CT molecular complexity index is 337. The summed E-state index contributed by atoms with van der Waals surface area (Å²) < 4.78 is 36.4. The first-order chi connectivity index (χ1) is 5.84. The normalized spacial score (nSPS) is 11.8. The van der Waals surface area contributed by atoms with Crippen molar-refractivity contribution in [2.45, 2.75) is 13.1 Å². The number of rotatable bonds is 0. The van der Waals surface area contributed by atoms with Crippen LogP contribution in [0.4, 0.5) is 13.2 Å². The van der Waals surface area contributed by atoms with E-state index in [1.807, 2.05) is 0 Å². The van der Waals surface area contributed by atoms with Crippen LogP contribution in [-0.4, -0.2) is 0 Å². The predicted octanol–water partition coefficient (Wildman–Crippen LogP) is 2.30. The van der Waals surface area contributed by atoms with Crippen molar-refractivity contribution in [1.29, 1.82) is 0 Å². The highest BCUT2D eigenvalue weighted by Gasteiger charge is 2.42. The summed E-state index contributed by atoms with van der Waals surface area (Å²) >= 11 is 5.44. The van der Waals surface area contributed by atoms with Crippen molar-refractivity contribution < 1.29 is 17.9 Å². The van der Waals surface area contributed by atoms with E-state index < -0.39 is 11.9 Å². The molecule has 1 aromatic heterocycles. The zero-order valence-corrected chi connectivity index (χ0v) is 7.28. The first-order valence-electron chi connectivity index (χ1n) is 3.29. The molecule has 72 valence electrons. The van der Waals surface area contributed by atoms with Crippen molar-refractivity contribution in [3.8, 4) is 0 Å². The number of aromatic nitrogens is 1. The average molecular weight is 212 g/mol. The highest BCUT2D eigenvalue weighted by atomic mass is 35.5. The zero-order valence-electron chi connectivity index (χ0n) is 6.52. The molecule has 13 heavy (non-hydrogen) atoms. The number of alkyl halides is 3. The van der Waals surface area contributed by atoms with Crippen molar-refractivity contribution in [2.75, 3.05) is 0 Å². The van der Waals surface area contributed by atoms with Crippen LogP contribution in [0.5, 0.6) is 0 Å². The number of halogens is 4. The minimum atomic E-state index is -4.67. The molecule has 1 aromatic rings. The topological polar surface area (TPSA) is 26.9 Å². The first-order valence-corrected chi connectivity index (χ1v) is 3.67. The molecule has 0 unspecified atom stereocenters. The van der Waals surface area contributed by atoms with Crippen LogP contribution < -0.4 is 4.73 Å². The second kappa shape index (κ2) is 3.06. The molecule has 0 saturated carbocycles. The molecule has 0 fully saturated rings. The lowest BCUT2D eigenvalue weighted by atomic mass is 10.2. The molecule has 0 atom stereocenters. The van der Waals surface area contributed by atoms with Crippen LogP contribution in [0.2, 0.25) is 5.02 Å². The zero-order chi connectivity index (χ0) is 10.2. The van der Waals surface area contributed by atoms with Crippen LogP contribution in [0.15, 0.2) is 12.3 Å². The third-order valence-electron chi connectivity index (χ3n) is 1.56. The van der Waals surface area contributed by atoms with Crippen molar-refractivity contribution in [3.05, 3.63) is 33.8 Å². The quantitative estimate of drug-likeness (QED) is 0.478. The van der Waals surface area contributed by atoms with E-state index in [0.717, 1.165) is 19.2 Å². The van der Waals surface area contributed by atoms with Crippen LogP contribution >= 0.6 is 11.6 Å². The van der Waals surface area contributed by atoms with Gasteiger partial charge in [0.25, 0.3) is 0 Å². The summed E-state index contributed by atoms with van der Waals surface area (Å²) in [5, 5.41) is 10.7. The highest BCUT2D eigenvalue weighted by Crippen LogP contribution is 2.31. The van der Waals surface area contributed by atoms with Gasteiger partial charge in [-0.05, 0) is 6.92 Å². The molecule has 0 aromatic carbocycles. The molecule has 2 nitrogen and oxygen atoms in total. The lowest BCUT2D eigenvalue weighted by molar-refractivity contribution is -0.629. The molecule has 0 bridgehead atoms. The van der Waals surface area contributed by atoms with E-state index in [4.69, 9.17) is 11.6 Å². The fourth-order valence-electron chi connectivity index (χ4n) is 0.949. The molecule has 0 aliphatic rings. The maximum Gasteiger partial charge on any atom is 0.479 e. The number of hydrogen-bond acceptors (Lipinski definition) is 1. The maximum atomic E-state index is 12.2. The Hall–Kier alpha value is -0.970. The Morgan fingerprint density at radius 3 is 2.38 bits per heavy atom. The van der Waals surface area contributed by atoms with Gasteiger partial charge in [-0.3, -0.25) is 0 Å². The standard InChI is InChI=1S/C7H5ClF3NO/c1-4-5(8)2-3-12(13)6(4)7(9,10)11/h2-3H,1H3. The van der Waals surface area contributed by atoms with Gasteiger partial charge in [-0.15, -0.1) is 0 Å². The summed E-state index contributed by atoms with van der Waals surface area (Å²) in [6.45, 7) is 1.15. The van der Waals surface area contributed by atoms with E-state index in [1.165, 1.54) is 0 Å². The molecule has 0 amide bonds. The number of pyridine rings is 1. The van der Waals surface area contributed by atoms with Gasteiger partial charge in [0, 0.05) is 11.6 Å². The minimum absolute atomic E-state index is 0.0700. The molecular weight excluding hydrogens is 207 g/mol. The van der Waals surface area contributed by atoms with E-state index >= 15 is 0 Å². The molecule has 0 spiro atoms. The van der Waals surface area contributed by atoms with E-state index in [0.29, 0.717) is 0 Å². The average Bonchev–Trinajstić information content (AvgIpc) is 1.95. The Morgan fingerprint density at radius 2 is 2.00 bits per heavy atom. The van der Waals surface area contributed by atoms with Gasteiger partial charge >= 0.3 is 11.9 Å². The summed E-state index contributed by atoms with van der Waals surface area (Å²) in [6.07, 6.45) is -3.94. The van der Waals surface area contributed by atoms with Gasteiger partial charge in [-0.1, -0.05) is 11.6 Å². The Morgan fingerprint density at radius 1 is 1.46 bits per heavy atom. The third kappa shape index (κ3) is 1.85. The Labute approximate surface area is 77.1 Å². The smallest absolute Gasteiger partial charge is 0.479 e. The van der Waals surface area contributed by atoms with Crippen LogP contribution in [0.1, 0.15) is 11.3 Å². The summed E-state index contributed by atoms with van der Waals surface area (Å²) in [6, 6.07) is 1.12. The van der Waals surface area contributed by atoms with Gasteiger partial charge in [-0.2, -0.15) is 17.9 Å². The summed E-state index contributed by atoms with van der Waals surface area (Å²) in [5.41, 5.74) is -1.52. The maximum absolute atomic E-state index is 12.2. The highest BCUT2D eigenvalue weighted by molar-refractivity contribution is 6.31. The second-order valence-electron chi connectivity index (χ2n) is 2.46. The molecule has 1 heterocycles. The molecule has 0 N–H and O–H groups in total. The van der Waals surface area contributed by atoms with Crippen molar-refractivity contribution in [3.63, 3.8) is 0 Å². The van der Waals surface area contributed by atoms with Gasteiger partial charge < -0.3 is 5.21 Å². The second-order valence-corrected chi connectivity index (χ2v) is 2.87. The number of hydrogen-bond donors (Lipinski definition) is 0. The Kier molecular flexibility index (Phi) is 2.38. The van der Waals surface area contributed by atoms with Crippen LogP contribution in [0.25, 0.3) is 0 Å². The molecule has 6 heteroatoms. The molecular formula is C7H5ClF3NO. The van der Waals surface area contributed by atoms with Crippen molar-refractivity contribution in [1.82, 2.24) is 0 Å². The lowest BCUT2D eigenvalue weighted by Crippen LogP contribution is -2.37. The minimum Gasteiger partial charge on any atom is -0.618 e. The SMILES string of the molecule is Cc1c(Cl)cc[n+]([O-])c1C(F)(F)F. The summed E-state index contributed by atoms with van der Waals surface area (Å²) in [5.74, 6) is 0. The van der Waals surface area contributed by atoms with Gasteiger partial charge in [0.1, 0.15) is 0 Å². The van der Waals surface area contributed by atoms with Crippen LogP contribution in [0.3, 0.4) is 0 Å². The van der Waals surface area contributed by atoms with Crippen LogP contribution in [0, 0.1) is 12.1 Å². The third-order valence-corrected chi connectivity index (χ3v) is 1.97. The van der Waals surface area contributed by atoms with Gasteiger partial charge in [0.05, 0.1) is 5.02 Å². The number of nitrogens with zero attached hydrogens (tertiary/aromatic N) is 1. The fraction of sp³-hybridized carbons (Fsp3) is 0.286. The predicted molar refractivity (Wildman–Crippen MR) is 40.2 cm³/mol.